The number of hydrogen-bond acceptors (Lipinski definition) is 6. The van der Waals surface area contributed by atoms with Crippen molar-refractivity contribution in [1.82, 2.24) is 14.8 Å². The van der Waals surface area contributed by atoms with E-state index >= 15 is 0 Å². The van der Waals surface area contributed by atoms with Gasteiger partial charge in [-0.1, -0.05) is 6.07 Å². The molecule has 1 aliphatic heterocycles. The molecule has 7 nitrogen and oxygen atoms in total. The number of nitriles is 1. The summed E-state index contributed by atoms with van der Waals surface area (Å²) in [6, 6.07) is 11.4. The van der Waals surface area contributed by atoms with E-state index in [4.69, 9.17) is 9.47 Å². The number of nitrogens with zero attached hydrogens (tertiary/aromatic N) is 4. The lowest BCUT2D eigenvalue weighted by Gasteiger charge is -2.23. The lowest BCUT2D eigenvalue weighted by atomic mass is 10.0. The van der Waals surface area contributed by atoms with Gasteiger partial charge in [0, 0.05) is 25.2 Å². The van der Waals surface area contributed by atoms with Gasteiger partial charge in [-0.05, 0) is 35.4 Å². The van der Waals surface area contributed by atoms with Crippen LogP contribution in [0.1, 0.15) is 18.4 Å². The van der Waals surface area contributed by atoms with Crippen molar-refractivity contribution < 1.29 is 18.3 Å². The second-order valence-electron chi connectivity index (χ2n) is 7.15. The highest BCUT2D eigenvalue weighted by molar-refractivity contribution is 5.70. The summed E-state index contributed by atoms with van der Waals surface area (Å²) < 4.78 is 37.5. The monoisotopic (exact) mass is 425 g/mol. The van der Waals surface area contributed by atoms with E-state index in [0.717, 1.165) is 24.0 Å². The highest BCUT2D eigenvalue weighted by Crippen LogP contribution is 2.29. The highest BCUT2D eigenvalue weighted by Gasteiger charge is 2.17. The van der Waals surface area contributed by atoms with Gasteiger partial charge >= 0.3 is 0 Å². The summed E-state index contributed by atoms with van der Waals surface area (Å²) in [7, 11) is 0. The topological polar surface area (TPSA) is 85.0 Å². The average molecular weight is 425 g/mol. The summed E-state index contributed by atoms with van der Waals surface area (Å²) in [6.07, 6.45) is 3.79. The third kappa shape index (κ3) is 5.35. The third-order valence-electron chi connectivity index (χ3n) is 4.89. The number of alkyl halides is 2. The molecule has 31 heavy (non-hydrogen) atoms. The molecule has 0 amide bonds. The Hall–Kier alpha value is -3.51. The van der Waals surface area contributed by atoms with Gasteiger partial charge in [-0.25, -0.2) is 13.8 Å². The van der Waals surface area contributed by atoms with E-state index in [1.54, 1.807) is 12.3 Å². The molecule has 0 atom stereocenters. The Bertz CT molecular complexity index is 1070. The number of benzene rings is 1. The summed E-state index contributed by atoms with van der Waals surface area (Å²) in [5, 5.41) is 16.6. The van der Waals surface area contributed by atoms with Gasteiger partial charge in [0.2, 0.25) is 0 Å². The first-order chi connectivity index (χ1) is 15.1. The maximum Gasteiger partial charge on any atom is 0.257 e. The minimum Gasteiger partial charge on any atom is -0.489 e. The highest BCUT2D eigenvalue weighted by atomic mass is 19.3. The predicted molar refractivity (Wildman–Crippen MR) is 110 cm³/mol. The molecule has 1 saturated heterocycles. The van der Waals surface area contributed by atoms with Crippen LogP contribution in [-0.2, 0) is 11.3 Å². The summed E-state index contributed by atoms with van der Waals surface area (Å²) in [6.45, 7) is 0.866. The van der Waals surface area contributed by atoms with Crippen LogP contribution < -0.4 is 10.1 Å². The molecule has 1 aliphatic rings. The molecule has 0 radical (unpaired) electrons. The Morgan fingerprint density at radius 3 is 2.81 bits per heavy atom. The zero-order valence-electron chi connectivity index (χ0n) is 16.7. The van der Waals surface area contributed by atoms with Crippen LogP contribution in [0.5, 0.6) is 5.75 Å². The molecular formula is C22H21F2N5O2. The van der Waals surface area contributed by atoms with Gasteiger partial charge in [0.05, 0.1) is 30.7 Å². The number of ether oxygens (including phenoxy) is 2. The molecule has 0 spiro atoms. The van der Waals surface area contributed by atoms with E-state index in [-0.39, 0.29) is 6.10 Å². The van der Waals surface area contributed by atoms with Crippen molar-refractivity contribution in [3.05, 3.63) is 54.5 Å². The number of halogens is 2. The second-order valence-corrected chi connectivity index (χ2v) is 7.15. The summed E-state index contributed by atoms with van der Waals surface area (Å²) in [4.78, 5) is 4.27. The fraction of sp³-hybridized carbons (Fsp3) is 0.318. The number of aromatic nitrogens is 3. The van der Waals surface area contributed by atoms with Gasteiger partial charge in [0.25, 0.3) is 6.43 Å². The van der Waals surface area contributed by atoms with Gasteiger partial charge in [-0.15, -0.1) is 0 Å². The number of rotatable bonds is 7. The van der Waals surface area contributed by atoms with Gasteiger partial charge in [0.1, 0.15) is 30.3 Å². The SMILES string of the molecule is N#Cc1cc(-c2ccnc(Nc3cnn(CC(F)F)c3)c2)ccc1OC1CCOCC1. The van der Waals surface area contributed by atoms with E-state index < -0.39 is 13.0 Å². The Morgan fingerprint density at radius 2 is 2.03 bits per heavy atom. The normalized spacial score (nSPS) is 14.4. The molecule has 1 fully saturated rings. The quantitative estimate of drug-likeness (QED) is 0.605. The lowest BCUT2D eigenvalue weighted by Crippen LogP contribution is -2.26. The number of anilines is 2. The molecule has 1 aromatic carbocycles. The van der Waals surface area contributed by atoms with E-state index in [0.29, 0.717) is 36.0 Å². The van der Waals surface area contributed by atoms with Gasteiger partial charge < -0.3 is 14.8 Å². The summed E-state index contributed by atoms with van der Waals surface area (Å²) in [5.74, 6) is 1.10. The lowest BCUT2D eigenvalue weighted by molar-refractivity contribution is 0.0254. The number of pyridine rings is 1. The van der Waals surface area contributed by atoms with Crippen LogP contribution in [0, 0.1) is 11.3 Å². The molecule has 160 valence electrons. The van der Waals surface area contributed by atoms with Gasteiger partial charge in [0.15, 0.2) is 0 Å². The molecule has 0 saturated carbocycles. The summed E-state index contributed by atoms with van der Waals surface area (Å²) >= 11 is 0. The van der Waals surface area contributed by atoms with Crippen LogP contribution in [0.25, 0.3) is 11.1 Å². The Balaban J connectivity index is 1.50. The molecule has 0 aliphatic carbocycles. The van der Waals surface area contributed by atoms with Crippen LogP contribution in [0.2, 0.25) is 0 Å². The van der Waals surface area contributed by atoms with Crippen molar-refractivity contribution >= 4 is 11.5 Å². The fourth-order valence-electron chi connectivity index (χ4n) is 3.37. The largest absolute Gasteiger partial charge is 0.489 e. The minimum absolute atomic E-state index is 0.0504. The Kier molecular flexibility index (Phi) is 6.38. The first kappa shape index (κ1) is 20.8. The van der Waals surface area contributed by atoms with Crippen LogP contribution in [0.3, 0.4) is 0 Å². The van der Waals surface area contributed by atoms with Crippen molar-refractivity contribution in [2.45, 2.75) is 31.9 Å². The second kappa shape index (κ2) is 9.53. The van der Waals surface area contributed by atoms with Crippen molar-refractivity contribution in [3.63, 3.8) is 0 Å². The average Bonchev–Trinajstić information content (AvgIpc) is 3.21. The van der Waals surface area contributed by atoms with Crippen LogP contribution in [0.15, 0.2) is 48.9 Å². The first-order valence-corrected chi connectivity index (χ1v) is 9.93. The molecule has 0 unspecified atom stereocenters. The molecule has 2 aromatic heterocycles. The molecule has 0 bridgehead atoms. The molecule has 9 heteroatoms. The molecule has 3 heterocycles. The van der Waals surface area contributed by atoms with Crippen LogP contribution >= 0.6 is 0 Å². The Labute approximate surface area is 178 Å². The van der Waals surface area contributed by atoms with Crippen molar-refractivity contribution in [2.75, 3.05) is 18.5 Å². The first-order valence-electron chi connectivity index (χ1n) is 9.93. The number of nitrogens with one attached hydrogen (secondary N) is 1. The molecular weight excluding hydrogens is 404 g/mol. The zero-order valence-corrected chi connectivity index (χ0v) is 16.7. The fourth-order valence-corrected chi connectivity index (χ4v) is 3.37. The van der Waals surface area contributed by atoms with E-state index in [9.17, 15) is 14.0 Å². The molecule has 3 aromatic rings. The summed E-state index contributed by atoms with van der Waals surface area (Å²) in [5.41, 5.74) is 2.72. The third-order valence-corrected chi connectivity index (χ3v) is 4.89. The van der Waals surface area contributed by atoms with E-state index in [1.807, 2.05) is 24.3 Å². The van der Waals surface area contributed by atoms with E-state index in [1.165, 1.54) is 17.1 Å². The maximum absolute atomic E-state index is 12.5. The molecule has 1 N–H and O–H groups in total. The van der Waals surface area contributed by atoms with Crippen LogP contribution in [0.4, 0.5) is 20.3 Å². The predicted octanol–water partition coefficient (Wildman–Crippen LogP) is 4.38. The van der Waals surface area contributed by atoms with Crippen LogP contribution in [-0.4, -0.2) is 40.5 Å². The minimum atomic E-state index is -2.47. The van der Waals surface area contributed by atoms with Crippen molar-refractivity contribution in [3.8, 4) is 22.9 Å². The molecule has 4 rings (SSSR count). The maximum atomic E-state index is 12.5. The van der Waals surface area contributed by atoms with Gasteiger partial charge in [-0.3, -0.25) is 4.68 Å². The smallest absolute Gasteiger partial charge is 0.257 e. The standard InChI is InChI=1S/C22H21F2N5O2/c23-21(24)14-29-13-18(12-27-29)28-22-10-16(3-6-26-22)15-1-2-20(17(9-15)11-25)31-19-4-7-30-8-5-19/h1-3,6,9-10,12-13,19,21H,4-5,7-8,14H2,(H,26,28). The number of hydrogen-bond donors (Lipinski definition) is 1. The van der Waals surface area contributed by atoms with E-state index in [2.05, 4.69) is 21.5 Å². The van der Waals surface area contributed by atoms with Crippen molar-refractivity contribution in [2.24, 2.45) is 0 Å². The van der Waals surface area contributed by atoms with Crippen molar-refractivity contribution in [1.29, 1.82) is 5.26 Å². The van der Waals surface area contributed by atoms with Gasteiger partial charge in [-0.2, -0.15) is 10.4 Å². The zero-order chi connectivity index (χ0) is 21.6. The Morgan fingerprint density at radius 1 is 1.23 bits per heavy atom.